The second-order valence-electron chi connectivity index (χ2n) is 24.9. The summed E-state index contributed by atoms with van der Waals surface area (Å²) in [5.41, 5.74) is 1.02. The van der Waals surface area contributed by atoms with Crippen molar-refractivity contribution in [1.82, 2.24) is 25.9 Å². The van der Waals surface area contributed by atoms with Gasteiger partial charge in [0.05, 0.1) is 88.8 Å². The summed E-state index contributed by atoms with van der Waals surface area (Å²) >= 11 is 6.39. The summed E-state index contributed by atoms with van der Waals surface area (Å²) < 4.78 is 44.8. The standard InChI is InChI=1S/C67H94ClN5O20/c1-41(2)36-55-65(83)90-53(12-11-13-56(76)71-51(38-46-17-21-54(86-10)50(68)37-46)64(82)69-40-67(7,8)66(84)91-55)43(5)61-62(92-61)47-18-14-45(15-19-47)16-20-52(75)44(6)70-63(81)49(42(3)4)39-48(74)24-27-72(28-25-60(80)93-73-58(78)22-23-59(73)79)57(77)26-29-87-32-33-89-35-34-88-31-30-85-9/h11,13-15,17-19,21,37,41-44,49,51,53,55,61-62H,12,16,20,22-36,38-40H2,1-10H3,(H,69,82)(H,70,81)(H,71,76)/b13-11+/t43-,44-,49-,51?,53-,55-,61+,62+/m0/s1. The van der Waals surface area contributed by atoms with Crippen LogP contribution in [0.1, 0.15) is 136 Å². The molecule has 5 rings (SSSR count). The Labute approximate surface area is 549 Å². The number of amides is 6. The number of ether oxygens (including phenoxy) is 8. The number of ketones is 2. The van der Waals surface area contributed by atoms with Gasteiger partial charge in [-0.25, -0.2) is 9.59 Å². The maximum absolute atomic E-state index is 14.0. The van der Waals surface area contributed by atoms with Gasteiger partial charge in [0.1, 0.15) is 29.8 Å². The minimum absolute atomic E-state index is 0.0165. The molecule has 6 amide bonds. The quantitative estimate of drug-likeness (QED) is 0.0320. The van der Waals surface area contributed by atoms with Crippen molar-refractivity contribution in [3.8, 4) is 5.75 Å². The van der Waals surface area contributed by atoms with Crippen LogP contribution in [0.3, 0.4) is 0 Å². The van der Waals surface area contributed by atoms with Crippen LogP contribution in [0.15, 0.2) is 54.6 Å². The summed E-state index contributed by atoms with van der Waals surface area (Å²) in [6.07, 6.45) is -0.359. The predicted octanol–water partition coefficient (Wildman–Crippen LogP) is 5.66. The second kappa shape index (κ2) is 38.3. The molecule has 0 aliphatic carbocycles. The van der Waals surface area contributed by atoms with E-state index in [1.54, 1.807) is 66.0 Å². The first-order valence-electron chi connectivity index (χ1n) is 31.9. The van der Waals surface area contributed by atoms with Crippen molar-refractivity contribution in [2.24, 2.45) is 29.1 Å². The van der Waals surface area contributed by atoms with Gasteiger partial charge < -0.3 is 63.6 Å². The van der Waals surface area contributed by atoms with Gasteiger partial charge in [-0.1, -0.05) is 82.6 Å². The number of nitrogens with zero attached hydrogens (tertiary/aromatic N) is 2. The monoisotopic (exact) mass is 1320 g/mol. The highest BCUT2D eigenvalue weighted by Crippen LogP contribution is 2.45. The zero-order valence-corrected chi connectivity index (χ0v) is 56.0. The van der Waals surface area contributed by atoms with E-state index < -0.39 is 107 Å². The van der Waals surface area contributed by atoms with Crippen LogP contribution in [0, 0.1) is 29.1 Å². The molecule has 0 saturated carbocycles. The molecular formula is C67H94ClN5O20. The highest BCUT2D eigenvalue weighted by Gasteiger charge is 2.48. The molecule has 3 N–H and O–H groups in total. The predicted molar refractivity (Wildman–Crippen MR) is 337 cm³/mol. The van der Waals surface area contributed by atoms with Crippen LogP contribution in [0.4, 0.5) is 0 Å². The van der Waals surface area contributed by atoms with Gasteiger partial charge in [0, 0.05) is 83.5 Å². The van der Waals surface area contributed by atoms with E-state index in [0.717, 1.165) is 11.1 Å². The Morgan fingerprint density at radius 3 is 2.04 bits per heavy atom. The van der Waals surface area contributed by atoms with Crippen LogP contribution in [0.25, 0.3) is 0 Å². The van der Waals surface area contributed by atoms with E-state index in [2.05, 4.69) is 16.0 Å². The zero-order valence-electron chi connectivity index (χ0n) is 55.3. The Bertz CT molecular complexity index is 2900. The average molecular weight is 1320 g/mol. The lowest BCUT2D eigenvalue weighted by molar-refractivity contribution is -0.197. The minimum atomic E-state index is -1.29. The van der Waals surface area contributed by atoms with Crippen molar-refractivity contribution in [2.45, 2.75) is 163 Å². The third-order valence-corrected chi connectivity index (χ3v) is 16.4. The fourth-order valence-corrected chi connectivity index (χ4v) is 10.5. The van der Waals surface area contributed by atoms with Crippen molar-refractivity contribution in [1.29, 1.82) is 0 Å². The first-order valence-corrected chi connectivity index (χ1v) is 32.2. The number of hydrogen-bond donors (Lipinski definition) is 3. The first kappa shape index (κ1) is 76.6. The summed E-state index contributed by atoms with van der Waals surface area (Å²) in [6.45, 7) is 15.6. The third-order valence-electron chi connectivity index (χ3n) is 16.1. The van der Waals surface area contributed by atoms with Crippen LogP contribution in [0.2, 0.25) is 5.02 Å². The first-order chi connectivity index (χ1) is 44.2. The lowest BCUT2D eigenvalue weighted by Gasteiger charge is -2.29. The number of Topliss-reactive ketones (excluding diaryl/α,β-unsaturated/α-hetero) is 2. The van der Waals surface area contributed by atoms with E-state index in [4.69, 9.17) is 54.3 Å². The van der Waals surface area contributed by atoms with Crippen LogP contribution >= 0.6 is 11.6 Å². The van der Waals surface area contributed by atoms with Crippen molar-refractivity contribution < 1.29 is 95.5 Å². The average Bonchev–Trinajstić information content (AvgIpc) is 1.64. The molecule has 25 nitrogen and oxygen atoms in total. The molecule has 2 aromatic carbocycles. The molecule has 514 valence electrons. The van der Waals surface area contributed by atoms with Crippen LogP contribution in [-0.2, 0) is 104 Å². The van der Waals surface area contributed by atoms with E-state index in [0.29, 0.717) is 54.2 Å². The Hall–Kier alpha value is -7.16. The summed E-state index contributed by atoms with van der Waals surface area (Å²) in [5.74, 6) is -7.53. The minimum Gasteiger partial charge on any atom is -0.495 e. The summed E-state index contributed by atoms with van der Waals surface area (Å²) in [6, 6.07) is 10.6. The van der Waals surface area contributed by atoms with Gasteiger partial charge in [0.25, 0.3) is 11.8 Å². The fraction of sp³-hybridized carbons (Fsp3) is 0.627. The molecule has 26 heteroatoms. The molecule has 2 saturated heterocycles. The van der Waals surface area contributed by atoms with Gasteiger partial charge in [-0.05, 0) is 80.3 Å². The van der Waals surface area contributed by atoms with Crippen LogP contribution < -0.4 is 20.7 Å². The summed E-state index contributed by atoms with van der Waals surface area (Å²) in [4.78, 5) is 152. The molecule has 2 fully saturated rings. The number of nitrogens with one attached hydrogen (secondary N) is 3. The number of halogens is 1. The Kier molecular flexibility index (Phi) is 31.5. The number of carbonyl (C=O) groups excluding carboxylic acids is 11. The zero-order chi connectivity index (χ0) is 68.4. The number of esters is 2. The fourth-order valence-electron chi connectivity index (χ4n) is 10.2. The molecule has 3 aliphatic rings. The highest BCUT2D eigenvalue weighted by molar-refractivity contribution is 6.32. The van der Waals surface area contributed by atoms with Crippen molar-refractivity contribution in [2.75, 3.05) is 80.1 Å². The largest absolute Gasteiger partial charge is 0.495 e. The van der Waals surface area contributed by atoms with E-state index in [9.17, 15) is 52.7 Å². The van der Waals surface area contributed by atoms with Gasteiger partial charge in [0.15, 0.2) is 11.9 Å². The molecule has 1 unspecified atom stereocenters. The van der Waals surface area contributed by atoms with Crippen molar-refractivity contribution >= 4 is 76.5 Å². The number of hydrogen-bond acceptors (Lipinski definition) is 20. The number of rotatable bonds is 36. The Morgan fingerprint density at radius 2 is 1.42 bits per heavy atom. The number of hydroxylamine groups is 2. The molecule has 0 radical (unpaired) electrons. The number of aryl methyl sites for hydroxylation is 1. The van der Waals surface area contributed by atoms with Crippen LogP contribution in [0.5, 0.6) is 5.75 Å². The molecule has 93 heavy (non-hydrogen) atoms. The molecule has 8 atom stereocenters. The van der Waals surface area contributed by atoms with E-state index in [1.807, 2.05) is 45.0 Å². The van der Waals surface area contributed by atoms with Gasteiger partial charge in [-0.3, -0.25) is 43.2 Å². The van der Waals surface area contributed by atoms with Gasteiger partial charge in [-0.2, -0.15) is 0 Å². The molecule has 0 spiro atoms. The van der Waals surface area contributed by atoms with Crippen molar-refractivity contribution in [3.05, 3.63) is 76.3 Å². The number of cyclic esters (lactones) is 2. The van der Waals surface area contributed by atoms with Gasteiger partial charge in [0.2, 0.25) is 23.6 Å². The van der Waals surface area contributed by atoms with E-state index in [1.165, 1.54) is 18.1 Å². The summed E-state index contributed by atoms with van der Waals surface area (Å²) in [7, 11) is 3.06. The molecule has 0 bridgehead atoms. The lowest BCUT2D eigenvalue weighted by atomic mass is 9.88. The topological polar surface area (TPSA) is 317 Å². The number of epoxide rings is 1. The van der Waals surface area contributed by atoms with Gasteiger partial charge >= 0.3 is 17.9 Å². The lowest BCUT2D eigenvalue weighted by Crippen LogP contribution is -2.51. The second-order valence-corrected chi connectivity index (χ2v) is 25.3. The highest BCUT2D eigenvalue weighted by atomic mass is 35.5. The van der Waals surface area contributed by atoms with Crippen LogP contribution in [-0.4, -0.2) is 185 Å². The molecule has 2 aromatic rings. The van der Waals surface area contributed by atoms with Crippen molar-refractivity contribution in [3.63, 3.8) is 0 Å². The Balaban J connectivity index is 1.15. The molecular weight excluding hydrogens is 1230 g/mol. The SMILES string of the molecule is COCCOCCOCCOCCC(=O)N(CCC(=O)C[C@H](C(=O)N[C@@H](C)C(=O)CCc1ccc([C@H]2O[C@@H]2[C@@H](C)[C@@H]2C/C=C/C(=O)NC(Cc3ccc(OC)c(Cl)c3)C(=O)NCC(C)(C)C(=O)O[C@@H](CC(C)C)C(=O)O2)cc1)C(C)C)CCC(=O)ON1C(=O)CCC1=O. The Morgan fingerprint density at radius 1 is 0.785 bits per heavy atom. The van der Waals surface area contributed by atoms with E-state index >= 15 is 0 Å². The van der Waals surface area contributed by atoms with E-state index in [-0.39, 0.29) is 127 Å². The smallest absolute Gasteiger partial charge is 0.347 e. The number of methoxy groups -OCH3 is 2. The molecule has 0 aromatic heterocycles. The number of imide groups is 1. The molecule has 3 aliphatic heterocycles. The number of carbonyl (C=O) groups is 11. The maximum Gasteiger partial charge on any atom is 0.347 e. The van der Waals surface area contributed by atoms with Gasteiger partial charge in [-0.15, -0.1) is 5.06 Å². The normalized spacial score (nSPS) is 20.8. The molecule has 3 heterocycles. The summed E-state index contributed by atoms with van der Waals surface area (Å²) in [5, 5.41) is 9.07. The number of benzene rings is 2. The maximum atomic E-state index is 14.0. The third kappa shape index (κ3) is 25.6.